The maximum atomic E-state index is 13.7. The molecule has 0 atom stereocenters. The van der Waals surface area contributed by atoms with Crippen molar-refractivity contribution in [2.24, 2.45) is 5.73 Å². The number of nitrogens with zero attached hydrogens (tertiary/aromatic N) is 3. The molecule has 8 nitrogen and oxygen atoms in total. The second kappa shape index (κ2) is 9.23. The molecule has 0 radical (unpaired) electrons. The van der Waals surface area contributed by atoms with Crippen LogP contribution in [-0.4, -0.2) is 36.3 Å². The first kappa shape index (κ1) is 25.1. The Kier molecular flexibility index (Phi) is 5.95. The topological polar surface area (TPSA) is 111 Å². The van der Waals surface area contributed by atoms with Crippen molar-refractivity contribution in [3.63, 3.8) is 0 Å². The van der Waals surface area contributed by atoms with Crippen LogP contribution in [0.1, 0.15) is 40.2 Å². The Hall–Kier alpha value is -4.18. The number of anilines is 1. The largest absolute Gasteiger partial charge is 0.366 e. The van der Waals surface area contributed by atoms with E-state index in [0.29, 0.717) is 53.0 Å². The molecule has 0 spiro atoms. The van der Waals surface area contributed by atoms with E-state index in [4.69, 9.17) is 10.3 Å². The van der Waals surface area contributed by atoms with E-state index in [1.54, 1.807) is 24.3 Å². The molecule has 1 fully saturated rings. The summed E-state index contributed by atoms with van der Waals surface area (Å²) in [6, 6.07) is 15.5. The van der Waals surface area contributed by atoms with E-state index in [1.807, 2.05) is 36.6 Å². The van der Waals surface area contributed by atoms with Gasteiger partial charge in [-0.2, -0.15) is 0 Å². The third-order valence-corrected chi connectivity index (χ3v) is 9.30. The summed E-state index contributed by atoms with van der Waals surface area (Å²) in [5.74, 6) is -0.221. The number of hydrogen-bond donors (Lipinski definition) is 1. The number of carbonyl (C=O) groups excluding carboxylic acids is 1. The molecule has 0 aliphatic carbocycles. The van der Waals surface area contributed by atoms with E-state index in [0.717, 1.165) is 34.1 Å². The minimum absolute atomic E-state index is 0.102. The number of fused-ring (bicyclic) bond motifs is 3. The predicted molar refractivity (Wildman–Crippen MR) is 149 cm³/mol. The second-order valence-electron chi connectivity index (χ2n) is 9.99. The Bertz CT molecular complexity index is 1850. The molecular weight excluding hydrogens is 519 g/mol. The lowest BCUT2D eigenvalue weighted by atomic mass is 9.97. The molecule has 39 heavy (non-hydrogen) atoms. The molecule has 1 saturated heterocycles. The number of carbonyl (C=O) groups is 1. The van der Waals surface area contributed by atoms with Crippen molar-refractivity contribution in [2.45, 2.75) is 33.2 Å². The lowest BCUT2D eigenvalue weighted by Crippen LogP contribution is -2.37. The summed E-state index contributed by atoms with van der Waals surface area (Å²) in [7, 11) is -3.43. The fraction of sp³-hybridized carbons (Fsp3) is 0.241. The van der Waals surface area contributed by atoms with Crippen molar-refractivity contribution in [3.8, 4) is 11.1 Å². The molecule has 0 bridgehead atoms. The van der Waals surface area contributed by atoms with E-state index in [2.05, 4.69) is 5.16 Å². The first-order valence-electron chi connectivity index (χ1n) is 12.7. The van der Waals surface area contributed by atoms with Gasteiger partial charge in [0, 0.05) is 40.5 Å². The Morgan fingerprint density at radius 1 is 1.05 bits per heavy atom. The average Bonchev–Trinajstić information content (AvgIpc) is 3.40. The number of halogens is 1. The van der Waals surface area contributed by atoms with Gasteiger partial charge >= 0.3 is 0 Å². The molecule has 3 heterocycles. The molecule has 1 aliphatic heterocycles. The number of aryl methyl sites for hydroxylation is 2. The van der Waals surface area contributed by atoms with Crippen LogP contribution in [0.25, 0.3) is 32.9 Å². The van der Waals surface area contributed by atoms with Crippen LogP contribution in [0.4, 0.5) is 10.1 Å². The number of rotatable bonds is 5. The summed E-state index contributed by atoms with van der Waals surface area (Å²) in [4.78, 5) is 12.9. The average molecular weight is 547 g/mol. The number of sulfonamides is 1. The maximum Gasteiger partial charge on any atom is 0.249 e. The Labute approximate surface area is 224 Å². The summed E-state index contributed by atoms with van der Waals surface area (Å²) < 4.78 is 48.3. The van der Waals surface area contributed by atoms with Gasteiger partial charge in [0.15, 0.2) is 0 Å². The molecule has 5 aromatic rings. The van der Waals surface area contributed by atoms with Gasteiger partial charge in [-0.3, -0.25) is 9.10 Å². The van der Waals surface area contributed by atoms with Gasteiger partial charge in [-0.05, 0) is 80.3 Å². The third-order valence-electron chi connectivity index (χ3n) is 7.43. The van der Waals surface area contributed by atoms with Crippen molar-refractivity contribution in [2.75, 3.05) is 16.6 Å². The van der Waals surface area contributed by atoms with Gasteiger partial charge in [-0.25, -0.2) is 12.8 Å². The zero-order valence-corrected chi connectivity index (χ0v) is 22.4. The fourth-order valence-electron chi connectivity index (χ4n) is 5.62. The van der Waals surface area contributed by atoms with Crippen LogP contribution in [0.5, 0.6) is 0 Å². The van der Waals surface area contributed by atoms with E-state index in [9.17, 15) is 17.6 Å². The van der Waals surface area contributed by atoms with Gasteiger partial charge in [0.2, 0.25) is 15.9 Å². The van der Waals surface area contributed by atoms with Gasteiger partial charge in [0.1, 0.15) is 11.6 Å². The summed E-state index contributed by atoms with van der Waals surface area (Å²) in [5.41, 5.74) is 11.4. The molecule has 3 aromatic carbocycles. The van der Waals surface area contributed by atoms with Crippen LogP contribution < -0.4 is 10.0 Å². The summed E-state index contributed by atoms with van der Waals surface area (Å²) in [6.07, 6.45) is 1.41. The highest BCUT2D eigenvalue weighted by atomic mass is 32.2. The number of benzene rings is 3. The van der Waals surface area contributed by atoms with Crippen LogP contribution in [0.15, 0.2) is 59.1 Å². The molecule has 10 heteroatoms. The van der Waals surface area contributed by atoms with Crippen molar-refractivity contribution in [1.82, 2.24) is 9.72 Å². The summed E-state index contributed by atoms with van der Waals surface area (Å²) >= 11 is 0. The quantitative estimate of drug-likeness (QED) is 0.322. The number of primary amides is 1. The smallest absolute Gasteiger partial charge is 0.249 e. The standard InChI is InChI=1S/C29H27FN4O4S/c1-17-27(18(2)38-32-17)20-13-24(29(31)35)28-23-15-22(34-11-3-4-12-39(34,36)37)9-10-25(23)33(26(28)14-20)16-19-5-7-21(30)8-6-19/h5-10,13-15H,3-4,11-12,16H2,1-2H3,(H2,31,35). The van der Waals surface area contributed by atoms with Crippen LogP contribution >= 0.6 is 0 Å². The first-order valence-corrected chi connectivity index (χ1v) is 14.3. The van der Waals surface area contributed by atoms with E-state index < -0.39 is 15.9 Å². The highest BCUT2D eigenvalue weighted by molar-refractivity contribution is 7.92. The van der Waals surface area contributed by atoms with Crippen molar-refractivity contribution in [3.05, 3.63) is 83.0 Å². The van der Waals surface area contributed by atoms with Crippen LogP contribution in [0.3, 0.4) is 0 Å². The Morgan fingerprint density at radius 2 is 1.82 bits per heavy atom. The van der Waals surface area contributed by atoms with Gasteiger partial charge in [0.25, 0.3) is 0 Å². The molecule has 0 saturated carbocycles. The number of nitrogens with two attached hydrogens (primary N) is 1. The summed E-state index contributed by atoms with van der Waals surface area (Å²) in [5, 5.41) is 5.41. The highest BCUT2D eigenvalue weighted by Crippen LogP contribution is 2.39. The second-order valence-corrected chi connectivity index (χ2v) is 12.0. The molecule has 1 aliphatic rings. The lowest BCUT2D eigenvalue weighted by molar-refractivity contribution is 0.100. The minimum atomic E-state index is -3.43. The van der Waals surface area contributed by atoms with Crippen LogP contribution in [0, 0.1) is 19.7 Å². The summed E-state index contributed by atoms with van der Waals surface area (Å²) in [6.45, 7) is 4.44. The van der Waals surface area contributed by atoms with Crippen molar-refractivity contribution < 1.29 is 22.1 Å². The molecule has 200 valence electrons. The third kappa shape index (κ3) is 4.24. The van der Waals surface area contributed by atoms with Gasteiger partial charge in [-0.15, -0.1) is 0 Å². The van der Waals surface area contributed by atoms with Gasteiger partial charge in [0.05, 0.1) is 22.7 Å². The first-order chi connectivity index (χ1) is 18.6. The van der Waals surface area contributed by atoms with E-state index >= 15 is 0 Å². The number of hydrogen-bond acceptors (Lipinski definition) is 5. The molecular formula is C29H27FN4O4S. The molecule has 1 amide bonds. The van der Waals surface area contributed by atoms with Gasteiger partial charge in [-0.1, -0.05) is 17.3 Å². The fourth-order valence-corrected chi connectivity index (χ4v) is 7.25. The van der Waals surface area contributed by atoms with E-state index in [1.165, 1.54) is 16.4 Å². The van der Waals surface area contributed by atoms with Crippen molar-refractivity contribution in [1.29, 1.82) is 0 Å². The van der Waals surface area contributed by atoms with Crippen LogP contribution in [-0.2, 0) is 16.6 Å². The SMILES string of the molecule is Cc1noc(C)c1-c1cc(C(N)=O)c2c3cc(N4CCCCS4(=O)=O)ccc3n(Cc3ccc(F)cc3)c2c1. The minimum Gasteiger partial charge on any atom is -0.366 e. The Morgan fingerprint density at radius 3 is 2.49 bits per heavy atom. The number of amides is 1. The lowest BCUT2D eigenvalue weighted by Gasteiger charge is -2.28. The molecule has 2 N–H and O–H groups in total. The molecule has 2 aromatic heterocycles. The van der Waals surface area contributed by atoms with Crippen molar-refractivity contribution >= 4 is 43.4 Å². The predicted octanol–water partition coefficient (Wildman–Crippen LogP) is 5.28. The van der Waals surface area contributed by atoms with E-state index in [-0.39, 0.29) is 11.6 Å². The zero-order chi connectivity index (χ0) is 27.5. The zero-order valence-electron chi connectivity index (χ0n) is 21.6. The monoisotopic (exact) mass is 546 g/mol. The van der Waals surface area contributed by atoms with Gasteiger partial charge < -0.3 is 14.8 Å². The normalized spacial score (nSPS) is 15.3. The number of aromatic nitrogens is 2. The highest BCUT2D eigenvalue weighted by Gasteiger charge is 2.28. The maximum absolute atomic E-state index is 13.7. The molecule has 0 unspecified atom stereocenters. The molecule has 6 rings (SSSR count). The van der Waals surface area contributed by atoms with Crippen LogP contribution in [0.2, 0.25) is 0 Å². The Balaban J connectivity index is 1.67.